The minimum atomic E-state index is -0.180. The Kier molecular flexibility index (Phi) is 4.42. The minimum absolute atomic E-state index is 0.0506. The van der Waals surface area contributed by atoms with Crippen LogP contribution in [0.2, 0.25) is 0 Å². The predicted octanol–water partition coefficient (Wildman–Crippen LogP) is 2.92. The topological polar surface area (TPSA) is 38.0 Å². The average molecular weight is 254 g/mol. The summed E-state index contributed by atoms with van der Waals surface area (Å²) in [5.41, 5.74) is 4.76. The van der Waals surface area contributed by atoms with Gasteiger partial charge in [-0.05, 0) is 48.8 Å². The van der Waals surface area contributed by atoms with Gasteiger partial charge < -0.3 is 0 Å². The van der Waals surface area contributed by atoms with Crippen LogP contribution in [0.3, 0.4) is 0 Å². The average Bonchev–Trinajstić information content (AvgIpc) is 2.30. The summed E-state index contributed by atoms with van der Waals surface area (Å²) in [6.45, 7) is 1.91. The van der Waals surface area contributed by atoms with E-state index in [1.165, 1.54) is 18.6 Å². The fraction of sp³-hybridized carbons (Fsp3) is 0.538. The standard InChI is InChI=1S/C13H19FN2S/c1-9-6-10(8-11(14)7-9)13(16-15)12-4-2-3-5-17-12/h6-8,12-13,16H,2-5,15H2,1H3. The second-order valence-electron chi connectivity index (χ2n) is 4.61. The van der Waals surface area contributed by atoms with Crippen molar-refractivity contribution in [1.29, 1.82) is 0 Å². The van der Waals surface area contributed by atoms with Gasteiger partial charge in [0.2, 0.25) is 0 Å². The Morgan fingerprint density at radius 1 is 1.41 bits per heavy atom. The third kappa shape index (κ3) is 3.21. The van der Waals surface area contributed by atoms with Crippen LogP contribution in [0.25, 0.3) is 0 Å². The molecule has 1 aliphatic rings. The van der Waals surface area contributed by atoms with Crippen molar-refractivity contribution >= 4 is 11.8 Å². The van der Waals surface area contributed by atoms with Gasteiger partial charge in [-0.15, -0.1) is 0 Å². The molecule has 94 valence electrons. The molecule has 3 N–H and O–H groups in total. The number of hydrazine groups is 1. The van der Waals surface area contributed by atoms with Gasteiger partial charge in [0.1, 0.15) is 5.82 Å². The van der Waals surface area contributed by atoms with E-state index < -0.39 is 0 Å². The zero-order valence-corrected chi connectivity index (χ0v) is 10.9. The van der Waals surface area contributed by atoms with Crippen LogP contribution in [0.1, 0.15) is 36.4 Å². The molecule has 1 fully saturated rings. The molecule has 0 spiro atoms. The van der Waals surface area contributed by atoms with Crippen molar-refractivity contribution in [2.45, 2.75) is 37.5 Å². The monoisotopic (exact) mass is 254 g/mol. The molecule has 2 nitrogen and oxygen atoms in total. The third-order valence-electron chi connectivity index (χ3n) is 3.19. The predicted molar refractivity (Wildman–Crippen MR) is 71.3 cm³/mol. The molecule has 1 saturated heterocycles. The Balaban J connectivity index is 2.21. The highest BCUT2D eigenvalue weighted by Gasteiger charge is 2.25. The first-order valence-corrected chi connectivity index (χ1v) is 7.10. The van der Waals surface area contributed by atoms with Crippen LogP contribution in [0, 0.1) is 12.7 Å². The van der Waals surface area contributed by atoms with Crippen molar-refractivity contribution in [3.05, 3.63) is 35.1 Å². The first kappa shape index (κ1) is 12.9. The number of thioether (sulfide) groups is 1. The van der Waals surface area contributed by atoms with Gasteiger partial charge in [-0.3, -0.25) is 11.3 Å². The van der Waals surface area contributed by atoms with Gasteiger partial charge in [0.25, 0.3) is 0 Å². The molecule has 1 aromatic rings. The molecule has 0 aliphatic carbocycles. The third-order valence-corrected chi connectivity index (χ3v) is 4.65. The van der Waals surface area contributed by atoms with E-state index in [0.717, 1.165) is 17.5 Å². The fourth-order valence-corrected chi connectivity index (χ4v) is 3.83. The quantitative estimate of drug-likeness (QED) is 0.643. The summed E-state index contributed by atoms with van der Waals surface area (Å²) in [6, 6.07) is 5.20. The molecule has 4 heteroatoms. The summed E-state index contributed by atoms with van der Waals surface area (Å²) in [6.07, 6.45) is 3.67. The fourth-order valence-electron chi connectivity index (χ4n) is 2.39. The molecular weight excluding hydrogens is 235 g/mol. The van der Waals surface area contributed by atoms with Crippen LogP contribution in [0.15, 0.2) is 18.2 Å². The maximum absolute atomic E-state index is 13.4. The van der Waals surface area contributed by atoms with Crippen LogP contribution >= 0.6 is 11.8 Å². The molecule has 2 unspecified atom stereocenters. The molecule has 1 aliphatic heterocycles. The lowest BCUT2D eigenvalue weighted by molar-refractivity contribution is 0.488. The van der Waals surface area contributed by atoms with E-state index >= 15 is 0 Å². The van der Waals surface area contributed by atoms with E-state index in [9.17, 15) is 4.39 Å². The first-order chi connectivity index (χ1) is 8.20. The molecule has 0 radical (unpaired) electrons. The maximum Gasteiger partial charge on any atom is 0.123 e. The van der Waals surface area contributed by atoms with Crippen molar-refractivity contribution < 1.29 is 4.39 Å². The van der Waals surface area contributed by atoms with E-state index in [1.807, 2.05) is 24.8 Å². The highest BCUT2D eigenvalue weighted by molar-refractivity contribution is 8.00. The van der Waals surface area contributed by atoms with Gasteiger partial charge in [-0.2, -0.15) is 11.8 Å². The Morgan fingerprint density at radius 2 is 2.24 bits per heavy atom. The van der Waals surface area contributed by atoms with E-state index in [4.69, 9.17) is 5.84 Å². The van der Waals surface area contributed by atoms with E-state index in [0.29, 0.717) is 5.25 Å². The first-order valence-electron chi connectivity index (χ1n) is 6.05. The maximum atomic E-state index is 13.4. The van der Waals surface area contributed by atoms with Crippen LogP contribution in [-0.2, 0) is 0 Å². The van der Waals surface area contributed by atoms with Gasteiger partial charge in [-0.25, -0.2) is 4.39 Å². The number of hydrogen-bond donors (Lipinski definition) is 2. The number of hydrogen-bond acceptors (Lipinski definition) is 3. The number of benzene rings is 1. The minimum Gasteiger partial charge on any atom is -0.271 e. The Morgan fingerprint density at radius 3 is 2.82 bits per heavy atom. The molecular formula is C13H19FN2S. The molecule has 0 saturated carbocycles. The zero-order chi connectivity index (χ0) is 12.3. The normalized spacial score (nSPS) is 22.4. The van der Waals surface area contributed by atoms with Crippen molar-refractivity contribution in [3.63, 3.8) is 0 Å². The molecule has 2 rings (SSSR count). The van der Waals surface area contributed by atoms with Gasteiger partial charge in [-0.1, -0.05) is 12.5 Å². The summed E-state index contributed by atoms with van der Waals surface area (Å²) >= 11 is 1.94. The van der Waals surface area contributed by atoms with E-state index in [1.54, 1.807) is 12.1 Å². The van der Waals surface area contributed by atoms with Crippen molar-refractivity contribution in [2.75, 3.05) is 5.75 Å². The lowest BCUT2D eigenvalue weighted by Gasteiger charge is -2.29. The lowest BCUT2D eigenvalue weighted by atomic mass is 9.98. The molecule has 17 heavy (non-hydrogen) atoms. The SMILES string of the molecule is Cc1cc(F)cc(C(NN)C2CCCCS2)c1. The molecule has 0 bridgehead atoms. The Bertz CT molecular complexity index is 357. The summed E-state index contributed by atoms with van der Waals surface area (Å²) in [7, 11) is 0. The van der Waals surface area contributed by atoms with Crippen LogP contribution in [0.4, 0.5) is 4.39 Å². The Hall–Kier alpha value is -0.580. The molecule has 0 amide bonds. The number of nitrogens with one attached hydrogen (secondary N) is 1. The highest BCUT2D eigenvalue weighted by atomic mass is 32.2. The smallest absolute Gasteiger partial charge is 0.123 e. The van der Waals surface area contributed by atoms with Crippen molar-refractivity contribution in [3.8, 4) is 0 Å². The second kappa shape index (κ2) is 5.85. The summed E-state index contributed by atoms with van der Waals surface area (Å²) in [5.74, 6) is 6.65. The molecule has 1 heterocycles. The second-order valence-corrected chi connectivity index (χ2v) is 5.96. The van der Waals surface area contributed by atoms with Crippen molar-refractivity contribution in [1.82, 2.24) is 5.43 Å². The van der Waals surface area contributed by atoms with Gasteiger partial charge in [0, 0.05) is 5.25 Å². The summed E-state index contributed by atoms with van der Waals surface area (Å²) in [5, 5.41) is 0.454. The number of rotatable bonds is 3. The molecule has 0 aromatic heterocycles. The van der Waals surface area contributed by atoms with Crippen LogP contribution in [0.5, 0.6) is 0 Å². The lowest BCUT2D eigenvalue weighted by Crippen LogP contribution is -2.36. The highest BCUT2D eigenvalue weighted by Crippen LogP contribution is 2.34. The van der Waals surface area contributed by atoms with Gasteiger partial charge in [0.15, 0.2) is 0 Å². The van der Waals surface area contributed by atoms with E-state index in [-0.39, 0.29) is 11.9 Å². The van der Waals surface area contributed by atoms with Gasteiger partial charge >= 0.3 is 0 Å². The van der Waals surface area contributed by atoms with Crippen molar-refractivity contribution in [2.24, 2.45) is 5.84 Å². The Labute approximate surface area is 106 Å². The van der Waals surface area contributed by atoms with E-state index in [2.05, 4.69) is 5.43 Å². The van der Waals surface area contributed by atoms with Gasteiger partial charge in [0.05, 0.1) is 6.04 Å². The molecule has 1 aromatic carbocycles. The number of aryl methyl sites for hydroxylation is 1. The number of halogens is 1. The summed E-state index contributed by atoms with van der Waals surface area (Å²) in [4.78, 5) is 0. The molecule has 2 atom stereocenters. The summed E-state index contributed by atoms with van der Waals surface area (Å²) < 4.78 is 13.4. The largest absolute Gasteiger partial charge is 0.271 e. The van der Waals surface area contributed by atoms with Crippen LogP contribution < -0.4 is 11.3 Å². The number of nitrogens with two attached hydrogens (primary N) is 1. The zero-order valence-electron chi connectivity index (χ0n) is 10.1. The van der Waals surface area contributed by atoms with Crippen LogP contribution in [-0.4, -0.2) is 11.0 Å².